The second kappa shape index (κ2) is 7.85. The van der Waals surface area contributed by atoms with Crippen molar-refractivity contribution in [1.82, 2.24) is 19.1 Å². The summed E-state index contributed by atoms with van der Waals surface area (Å²) in [5.41, 5.74) is 2.04. The zero-order valence-corrected chi connectivity index (χ0v) is 17.9. The highest BCUT2D eigenvalue weighted by Gasteiger charge is 2.20. The zero-order valence-electron chi connectivity index (χ0n) is 17.9. The largest absolute Gasteiger partial charge is 0.341 e. The second-order valence-corrected chi connectivity index (χ2v) is 7.97. The minimum Gasteiger partial charge on any atom is -0.341 e. The highest BCUT2D eigenvalue weighted by atomic mass is 16.2. The molecule has 0 saturated heterocycles. The Balaban J connectivity index is 1.70. The van der Waals surface area contributed by atoms with E-state index in [1.165, 1.54) is 4.57 Å². The van der Waals surface area contributed by atoms with E-state index in [-0.39, 0.29) is 0 Å². The van der Waals surface area contributed by atoms with E-state index >= 15 is 0 Å². The predicted octanol–water partition coefficient (Wildman–Crippen LogP) is 3.26. The lowest BCUT2D eigenvalue weighted by atomic mass is 10.0. The van der Waals surface area contributed by atoms with Crippen LogP contribution in [0.3, 0.4) is 0 Å². The lowest BCUT2D eigenvalue weighted by Crippen LogP contribution is -2.29. The first-order valence-corrected chi connectivity index (χ1v) is 10.4. The first-order valence-electron chi connectivity index (χ1n) is 10.4. The molecule has 0 saturated carbocycles. The number of nitrogens with zero attached hydrogens (tertiary/aromatic N) is 4. The Morgan fingerprint density at radius 2 is 1.66 bits per heavy atom. The molecule has 0 atom stereocenters. The van der Waals surface area contributed by atoms with Crippen molar-refractivity contribution in [2.24, 2.45) is 7.05 Å². The number of rotatable bonds is 5. The predicted molar refractivity (Wildman–Crippen MR) is 127 cm³/mol. The lowest BCUT2D eigenvalue weighted by Gasteiger charge is -2.20. The van der Waals surface area contributed by atoms with Crippen LogP contribution in [0.25, 0.3) is 21.9 Å². The second-order valence-electron chi connectivity index (χ2n) is 7.97. The normalized spacial score (nSPS) is 11.3. The molecule has 5 aromatic rings. The van der Waals surface area contributed by atoms with E-state index in [0.29, 0.717) is 30.2 Å². The highest BCUT2D eigenvalue weighted by molar-refractivity contribution is 5.86. The van der Waals surface area contributed by atoms with Crippen molar-refractivity contribution in [2.45, 2.75) is 13.1 Å². The van der Waals surface area contributed by atoms with E-state index in [2.05, 4.69) is 41.4 Å². The van der Waals surface area contributed by atoms with Crippen LogP contribution in [0, 0.1) is 0 Å². The van der Waals surface area contributed by atoms with Crippen molar-refractivity contribution in [3.63, 3.8) is 0 Å². The summed E-state index contributed by atoms with van der Waals surface area (Å²) < 4.78 is 3.29. The molecule has 7 heteroatoms. The zero-order chi connectivity index (χ0) is 22.2. The molecule has 3 aromatic carbocycles. The maximum absolute atomic E-state index is 12.9. The highest BCUT2D eigenvalue weighted by Crippen LogP contribution is 2.25. The molecular formula is C25H23N5O2. The summed E-state index contributed by atoms with van der Waals surface area (Å²) in [6.45, 7) is 1.07. The Labute approximate surface area is 184 Å². The van der Waals surface area contributed by atoms with Crippen LogP contribution in [0.4, 0.5) is 5.95 Å². The number of benzene rings is 3. The number of imidazole rings is 1. The maximum atomic E-state index is 12.9. The molecule has 0 unspecified atom stereocenters. The van der Waals surface area contributed by atoms with Crippen molar-refractivity contribution < 1.29 is 0 Å². The number of hydrogen-bond donors (Lipinski definition) is 1. The van der Waals surface area contributed by atoms with E-state index in [4.69, 9.17) is 4.98 Å². The third kappa shape index (κ3) is 3.37. The molecule has 2 heterocycles. The van der Waals surface area contributed by atoms with E-state index < -0.39 is 11.2 Å². The number of aromatic nitrogens is 4. The molecule has 7 nitrogen and oxygen atoms in total. The Morgan fingerprint density at radius 1 is 0.938 bits per heavy atom. The van der Waals surface area contributed by atoms with Crippen LogP contribution >= 0.6 is 0 Å². The van der Waals surface area contributed by atoms with Gasteiger partial charge in [-0.2, -0.15) is 4.98 Å². The monoisotopic (exact) mass is 425 g/mol. The van der Waals surface area contributed by atoms with Crippen LogP contribution in [-0.4, -0.2) is 26.1 Å². The summed E-state index contributed by atoms with van der Waals surface area (Å²) in [5, 5.41) is 2.25. The summed E-state index contributed by atoms with van der Waals surface area (Å²) in [4.78, 5) is 34.2. The van der Waals surface area contributed by atoms with Gasteiger partial charge in [0, 0.05) is 20.6 Å². The first-order chi connectivity index (χ1) is 15.5. The van der Waals surface area contributed by atoms with Gasteiger partial charge in [0.1, 0.15) is 0 Å². The number of hydrogen-bond acceptors (Lipinski definition) is 4. The molecular weight excluding hydrogens is 402 g/mol. The Morgan fingerprint density at radius 3 is 2.47 bits per heavy atom. The summed E-state index contributed by atoms with van der Waals surface area (Å²) in [6, 6.07) is 24.4. The summed E-state index contributed by atoms with van der Waals surface area (Å²) in [5.74, 6) is 0.628. The quantitative estimate of drug-likeness (QED) is 0.469. The van der Waals surface area contributed by atoms with Gasteiger partial charge in [0.25, 0.3) is 5.56 Å². The van der Waals surface area contributed by atoms with Crippen molar-refractivity contribution in [3.8, 4) is 0 Å². The smallest absolute Gasteiger partial charge is 0.329 e. The summed E-state index contributed by atoms with van der Waals surface area (Å²) in [6.07, 6.45) is 0. The van der Waals surface area contributed by atoms with Gasteiger partial charge >= 0.3 is 5.69 Å². The molecule has 0 aliphatic heterocycles. The van der Waals surface area contributed by atoms with Crippen molar-refractivity contribution in [1.29, 1.82) is 0 Å². The molecule has 0 spiro atoms. The summed E-state index contributed by atoms with van der Waals surface area (Å²) in [7, 11) is 3.57. The van der Waals surface area contributed by atoms with Crippen molar-refractivity contribution in [3.05, 3.63) is 105 Å². The Bertz CT molecular complexity index is 1540. The number of aromatic amines is 1. The molecule has 2 aromatic heterocycles. The van der Waals surface area contributed by atoms with Gasteiger partial charge in [-0.1, -0.05) is 72.8 Å². The number of fused-ring (bicyclic) bond motifs is 2. The van der Waals surface area contributed by atoms with Crippen LogP contribution < -0.4 is 16.1 Å². The fraction of sp³-hybridized carbons (Fsp3) is 0.160. The molecule has 0 amide bonds. The average molecular weight is 425 g/mol. The number of H-pyrrole nitrogens is 1. The fourth-order valence-corrected chi connectivity index (χ4v) is 4.19. The van der Waals surface area contributed by atoms with Gasteiger partial charge in [-0.25, -0.2) is 4.79 Å². The van der Waals surface area contributed by atoms with Crippen LogP contribution in [0.5, 0.6) is 0 Å². The molecule has 5 rings (SSSR count). The molecule has 0 aliphatic rings. The number of aryl methyl sites for hydroxylation is 1. The number of nitrogens with one attached hydrogen (secondary N) is 1. The van der Waals surface area contributed by atoms with Crippen LogP contribution in [-0.2, 0) is 20.1 Å². The van der Waals surface area contributed by atoms with Crippen molar-refractivity contribution >= 4 is 27.9 Å². The van der Waals surface area contributed by atoms with Crippen LogP contribution in [0.1, 0.15) is 11.1 Å². The lowest BCUT2D eigenvalue weighted by molar-refractivity contribution is 0.766. The van der Waals surface area contributed by atoms with Gasteiger partial charge in [0.15, 0.2) is 11.2 Å². The molecule has 0 bridgehead atoms. The van der Waals surface area contributed by atoms with Gasteiger partial charge < -0.3 is 4.90 Å². The van der Waals surface area contributed by atoms with Gasteiger partial charge in [-0.15, -0.1) is 0 Å². The van der Waals surface area contributed by atoms with E-state index in [9.17, 15) is 9.59 Å². The molecule has 160 valence electrons. The number of anilines is 1. The van der Waals surface area contributed by atoms with E-state index in [1.807, 2.05) is 52.9 Å². The van der Waals surface area contributed by atoms with E-state index in [1.54, 1.807) is 7.05 Å². The van der Waals surface area contributed by atoms with Gasteiger partial charge in [0.2, 0.25) is 5.95 Å². The van der Waals surface area contributed by atoms with Gasteiger partial charge in [0.05, 0.1) is 6.54 Å². The molecule has 1 N–H and O–H groups in total. The Hall–Kier alpha value is -4.13. The molecule has 0 aliphatic carbocycles. The maximum Gasteiger partial charge on any atom is 0.329 e. The summed E-state index contributed by atoms with van der Waals surface area (Å²) >= 11 is 0. The third-order valence-corrected chi connectivity index (χ3v) is 5.80. The van der Waals surface area contributed by atoms with Crippen molar-refractivity contribution in [2.75, 3.05) is 11.9 Å². The molecule has 0 radical (unpaired) electrons. The molecule has 32 heavy (non-hydrogen) atoms. The standard InChI is InChI=1S/C25H23N5O2/c1-28(15-17-9-4-3-5-10-17)24-26-22-21(23(31)27-25(32)29(22)2)30(24)16-19-13-8-12-18-11-6-7-14-20(18)19/h3-14H,15-16H2,1-2H3,(H,27,31,32). The fourth-order valence-electron chi connectivity index (χ4n) is 4.19. The van der Waals surface area contributed by atoms with Gasteiger partial charge in [-0.05, 0) is 21.9 Å². The van der Waals surface area contributed by atoms with Gasteiger partial charge in [-0.3, -0.25) is 18.9 Å². The minimum absolute atomic E-state index is 0.369. The third-order valence-electron chi connectivity index (χ3n) is 5.80. The average Bonchev–Trinajstić information content (AvgIpc) is 3.18. The SMILES string of the molecule is CN(Cc1ccccc1)c1nc2c(c(=O)[nH]c(=O)n2C)n1Cc1cccc2ccccc12. The van der Waals surface area contributed by atoms with Crippen LogP contribution in [0.2, 0.25) is 0 Å². The molecule has 0 fully saturated rings. The van der Waals surface area contributed by atoms with E-state index in [0.717, 1.165) is 21.9 Å². The van der Waals surface area contributed by atoms with Crippen LogP contribution in [0.15, 0.2) is 82.4 Å². The topological polar surface area (TPSA) is 75.9 Å². The minimum atomic E-state index is -0.477. The Kier molecular flexibility index (Phi) is 4.86. The first kappa shape index (κ1) is 19.8.